The van der Waals surface area contributed by atoms with Gasteiger partial charge >= 0.3 is 0 Å². The maximum absolute atomic E-state index is 12.6. The summed E-state index contributed by atoms with van der Waals surface area (Å²) in [6, 6.07) is 11.8. The zero-order chi connectivity index (χ0) is 15.0. The number of hydrogen-bond acceptors (Lipinski definition) is 2. The first-order valence-corrected chi connectivity index (χ1v) is 7.43. The van der Waals surface area contributed by atoms with Crippen LogP contribution in [0.1, 0.15) is 41.7 Å². The quantitative estimate of drug-likeness (QED) is 0.832. The smallest absolute Gasteiger partial charge is 0.263 e. The van der Waals surface area contributed by atoms with Crippen molar-refractivity contribution in [1.29, 1.82) is 0 Å². The SMILES string of the molecule is N[C@H]1CC(c2ccc(C(F)F)cc2)Oc2ccc(Br)cc21. The normalized spacial score (nSPS) is 21.0. The van der Waals surface area contributed by atoms with Gasteiger partial charge in [-0.05, 0) is 23.8 Å². The number of benzene rings is 2. The first-order chi connectivity index (χ1) is 10.0. The van der Waals surface area contributed by atoms with E-state index in [1.165, 1.54) is 12.1 Å². The summed E-state index contributed by atoms with van der Waals surface area (Å²) in [5.74, 6) is 0.750. The van der Waals surface area contributed by atoms with E-state index in [1.54, 1.807) is 12.1 Å². The Morgan fingerprint density at radius 3 is 2.52 bits per heavy atom. The average Bonchev–Trinajstić information content (AvgIpc) is 2.48. The lowest BCUT2D eigenvalue weighted by Gasteiger charge is -2.30. The maximum Gasteiger partial charge on any atom is 0.263 e. The van der Waals surface area contributed by atoms with E-state index in [1.807, 2.05) is 18.2 Å². The van der Waals surface area contributed by atoms with E-state index in [2.05, 4.69) is 15.9 Å². The molecule has 0 radical (unpaired) electrons. The van der Waals surface area contributed by atoms with Gasteiger partial charge in [-0.2, -0.15) is 0 Å². The van der Waals surface area contributed by atoms with Crippen molar-refractivity contribution in [3.8, 4) is 5.75 Å². The molecule has 0 saturated carbocycles. The Labute approximate surface area is 130 Å². The van der Waals surface area contributed by atoms with Crippen molar-refractivity contribution in [3.05, 3.63) is 63.6 Å². The van der Waals surface area contributed by atoms with Crippen LogP contribution in [0.2, 0.25) is 0 Å². The van der Waals surface area contributed by atoms with Crippen LogP contribution in [0.5, 0.6) is 5.75 Å². The van der Waals surface area contributed by atoms with E-state index < -0.39 is 6.43 Å². The lowest BCUT2D eigenvalue weighted by Crippen LogP contribution is -2.24. The fraction of sp³-hybridized carbons (Fsp3) is 0.250. The van der Waals surface area contributed by atoms with Gasteiger partial charge < -0.3 is 10.5 Å². The molecule has 1 unspecified atom stereocenters. The summed E-state index contributed by atoms with van der Waals surface area (Å²) in [5, 5.41) is 0. The van der Waals surface area contributed by atoms with E-state index in [-0.39, 0.29) is 17.7 Å². The summed E-state index contributed by atoms with van der Waals surface area (Å²) >= 11 is 3.42. The van der Waals surface area contributed by atoms with Crippen LogP contribution in [0.4, 0.5) is 8.78 Å². The summed E-state index contributed by atoms with van der Waals surface area (Å²) in [5.41, 5.74) is 8.04. The molecular weight excluding hydrogens is 340 g/mol. The van der Waals surface area contributed by atoms with Gasteiger partial charge in [0.25, 0.3) is 6.43 Å². The molecule has 0 bridgehead atoms. The molecule has 21 heavy (non-hydrogen) atoms. The van der Waals surface area contributed by atoms with Crippen molar-refractivity contribution in [2.45, 2.75) is 25.0 Å². The zero-order valence-corrected chi connectivity index (χ0v) is 12.7. The topological polar surface area (TPSA) is 35.2 Å². The van der Waals surface area contributed by atoms with Crippen molar-refractivity contribution < 1.29 is 13.5 Å². The minimum Gasteiger partial charge on any atom is -0.485 e. The minimum atomic E-state index is -2.45. The molecule has 0 fully saturated rings. The Morgan fingerprint density at radius 1 is 1.14 bits per heavy atom. The minimum absolute atomic E-state index is 0.0168. The van der Waals surface area contributed by atoms with Crippen LogP contribution in [-0.4, -0.2) is 0 Å². The first kappa shape index (κ1) is 14.5. The molecule has 1 aliphatic rings. The third kappa shape index (κ3) is 2.94. The Morgan fingerprint density at radius 2 is 1.86 bits per heavy atom. The number of nitrogens with two attached hydrogens (primary N) is 1. The molecule has 2 nitrogen and oxygen atoms in total. The zero-order valence-electron chi connectivity index (χ0n) is 11.1. The molecule has 1 aliphatic heterocycles. The lowest BCUT2D eigenvalue weighted by molar-refractivity contribution is 0.150. The fourth-order valence-electron chi connectivity index (χ4n) is 2.54. The third-order valence-electron chi connectivity index (χ3n) is 3.67. The van der Waals surface area contributed by atoms with Gasteiger partial charge in [0, 0.05) is 28.1 Å². The molecule has 110 valence electrons. The molecule has 5 heteroatoms. The monoisotopic (exact) mass is 353 g/mol. The molecule has 2 atom stereocenters. The lowest BCUT2D eigenvalue weighted by atomic mass is 9.93. The summed E-state index contributed by atoms with van der Waals surface area (Å²) in [6.07, 6.45) is -2.04. The molecular formula is C16H14BrF2NO. The van der Waals surface area contributed by atoms with Crippen molar-refractivity contribution in [2.75, 3.05) is 0 Å². The van der Waals surface area contributed by atoms with Crippen molar-refractivity contribution >= 4 is 15.9 Å². The summed E-state index contributed by atoms with van der Waals surface area (Å²) in [6.45, 7) is 0. The van der Waals surface area contributed by atoms with Gasteiger partial charge in [-0.25, -0.2) is 8.78 Å². The van der Waals surface area contributed by atoms with E-state index in [9.17, 15) is 8.78 Å². The van der Waals surface area contributed by atoms with Crippen LogP contribution in [0.25, 0.3) is 0 Å². The van der Waals surface area contributed by atoms with Gasteiger partial charge in [-0.3, -0.25) is 0 Å². The highest BCUT2D eigenvalue weighted by Crippen LogP contribution is 2.40. The van der Waals surface area contributed by atoms with Gasteiger partial charge in [0.1, 0.15) is 11.9 Å². The molecule has 0 aliphatic carbocycles. The van der Waals surface area contributed by atoms with Gasteiger partial charge in [0.05, 0.1) is 0 Å². The van der Waals surface area contributed by atoms with Crippen molar-refractivity contribution in [1.82, 2.24) is 0 Å². The second kappa shape index (κ2) is 5.73. The Bertz CT molecular complexity index is 645. The standard InChI is InChI=1S/C16H14BrF2NO/c17-11-5-6-14-12(7-11)13(20)8-15(21-14)9-1-3-10(4-2-9)16(18)19/h1-7,13,15-16H,8,20H2/t13-,15?/m0/s1. The number of hydrogen-bond donors (Lipinski definition) is 1. The molecule has 1 heterocycles. The Hall–Kier alpha value is -1.46. The van der Waals surface area contributed by atoms with E-state index in [0.717, 1.165) is 21.3 Å². The molecule has 0 spiro atoms. The molecule has 2 N–H and O–H groups in total. The summed E-state index contributed by atoms with van der Waals surface area (Å²) < 4.78 is 32.1. The molecule has 3 rings (SSSR count). The third-order valence-corrected chi connectivity index (χ3v) is 4.16. The maximum atomic E-state index is 12.6. The van der Waals surface area contributed by atoms with Crippen molar-refractivity contribution in [3.63, 3.8) is 0 Å². The van der Waals surface area contributed by atoms with Gasteiger partial charge in [0.2, 0.25) is 0 Å². The van der Waals surface area contributed by atoms with E-state index >= 15 is 0 Å². The second-order valence-electron chi connectivity index (χ2n) is 5.10. The highest BCUT2D eigenvalue weighted by molar-refractivity contribution is 9.10. The summed E-state index contributed by atoms with van der Waals surface area (Å²) in [7, 11) is 0. The second-order valence-corrected chi connectivity index (χ2v) is 6.01. The molecule has 0 aromatic heterocycles. The number of rotatable bonds is 2. The largest absolute Gasteiger partial charge is 0.485 e. The predicted molar refractivity (Wildman–Crippen MR) is 80.5 cm³/mol. The van der Waals surface area contributed by atoms with Crippen LogP contribution in [0.15, 0.2) is 46.9 Å². The number of ether oxygens (including phenoxy) is 1. The van der Waals surface area contributed by atoms with Crippen molar-refractivity contribution in [2.24, 2.45) is 5.73 Å². The molecule has 0 saturated heterocycles. The fourth-order valence-corrected chi connectivity index (χ4v) is 2.91. The van der Waals surface area contributed by atoms with E-state index in [4.69, 9.17) is 10.5 Å². The van der Waals surface area contributed by atoms with Crippen LogP contribution in [0, 0.1) is 0 Å². The number of alkyl halides is 2. The van der Waals surface area contributed by atoms with Gasteiger partial charge in [0.15, 0.2) is 0 Å². The van der Waals surface area contributed by atoms with Gasteiger partial charge in [-0.1, -0.05) is 40.2 Å². The highest BCUT2D eigenvalue weighted by Gasteiger charge is 2.27. The average molecular weight is 354 g/mol. The van der Waals surface area contributed by atoms with Gasteiger partial charge in [-0.15, -0.1) is 0 Å². The molecule has 2 aromatic rings. The van der Waals surface area contributed by atoms with E-state index in [0.29, 0.717) is 6.42 Å². The summed E-state index contributed by atoms with van der Waals surface area (Å²) in [4.78, 5) is 0. The Balaban J connectivity index is 1.86. The number of halogens is 3. The highest BCUT2D eigenvalue weighted by atomic mass is 79.9. The first-order valence-electron chi connectivity index (χ1n) is 6.64. The molecule has 0 amide bonds. The number of fused-ring (bicyclic) bond motifs is 1. The van der Waals surface area contributed by atoms with Crippen LogP contribution >= 0.6 is 15.9 Å². The molecule has 2 aromatic carbocycles. The van der Waals surface area contributed by atoms with Crippen LogP contribution < -0.4 is 10.5 Å². The van der Waals surface area contributed by atoms with Crippen LogP contribution in [-0.2, 0) is 0 Å². The van der Waals surface area contributed by atoms with Crippen LogP contribution in [0.3, 0.4) is 0 Å². The predicted octanol–water partition coefficient (Wildman–Crippen LogP) is 4.91. The Kier molecular flexibility index (Phi) is 3.95.